The molecule has 0 spiro atoms. The number of rotatable bonds is 7. The fraction of sp³-hybridized carbons (Fsp3) is 0.0952. The van der Waals surface area contributed by atoms with Gasteiger partial charge in [-0.2, -0.15) is 0 Å². The molecule has 1 aromatic heterocycles. The van der Waals surface area contributed by atoms with Crippen molar-refractivity contribution in [3.63, 3.8) is 0 Å². The molecule has 0 atom stereocenters. The van der Waals surface area contributed by atoms with Gasteiger partial charge in [0, 0.05) is 38.6 Å². The lowest BCUT2D eigenvalue weighted by Gasteiger charge is -2.43. The van der Waals surface area contributed by atoms with Crippen LogP contribution in [0.3, 0.4) is 0 Å². The lowest BCUT2D eigenvalue weighted by atomic mass is 9.73. The lowest BCUT2D eigenvalue weighted by molar-refractivity contribution is 0.632. The number of benzene rings is 9. The molecule has 326 valence electrons. The molecular weight excluding hydrogens is 827 g/mol. The minimum Gasteiger partial charge on any atom is -0.309 e. The summed E-state index contributed by atoms with van der Waals surface area (Å²) in [7, 11) is 0. The summed E-state index contributed by atoms with van der Waals surface area (Å²) in [6.45, 7) is 9.32. The molecule has 0 bridgehead atoms. The van der Waals surface area contributed by atoms with Gasteiger partial charge < -0.3 is 9.80 Å². The molecule has 0 N–H and O–H groups in total. The van der Waals surface area contributed by atoms with Crippen LogP contribution in [0.2, 0.25) is 0 Å². The number of para-hydroxylation sites is 6. The van der Waals surface area contributed by atoms with Gasteiger partial charge in [-0.1, -0.05) is 216 Å². The summed E-state index contributed by atoms with van der Waals surface area (Å²) in [5, 5.41) is 0. The Morgan fingerprint density at radius 3 is 0.897 bits per heavy atom. The van der Waals surface area contributed by atoms with E-state index < -0.39 is 0 Å². The summed E-state index contributed by atoms with van der Waals surface area (Å²) in [4.78, 5) is 21.5. The van der Waals surface area contributed by atoms with Gasteiger partial charge >= 0.3 is 0 Å². The quantitative estimate of drug-likeness (QED) is 0.160. The molecule has 5 heteroatoms. The van der Waals surface area contributed by atoms with Crippen LogP contribution in [0.4, 0.5) is 34.1 Å². The molecule has 9 aromatic carbocycles. The largest absolute Gasteiger partial charge is 0.309 e. The Hall–Kier alpha value is -8.41. The Kier molecular flexibility index (Phi) is 9.77. The van der Waals surface area contributed by atoms with Gasteiger partial charge in [0.05, 0.1) is 34.1 Å². The zero-order valence-electron chi connectivity index (χ0n) is 38.6. The summed E-state index contributed by atoms with van der Waals surface area (Å²) in [5.41, 5.74) is 18.1. The predicted molar refractivity (Wildman–Crippen MR) is 281 cm³/mol. The second kappa shape index (κ2) is 16.2. The molecule has 3 heterocycles. The molecular formula is C63H49N5. The van der Waals surface area contributed by atoms with E-state index >= 15 is 0 Å². The lowest BCUT2D eigenvalue weighted by Crippen LogP contribution is -2.31. The number of hydrogen-bond donors (Lipinski definition) is 0. The topological polar surface area (TPSA) is 45.2 Å². The van der Waals surface area contributed by atoms with Crippen molar-refractivity contribution in [3.8, 4) is 56.4 Å². The average molecular weight is 876 g/mol. The van der Waals surface area contributed by atoms with Crippen LogP contribution in [0.25, 0.3) is 56.4 Å². The van der Waals surface area contributed by atoms with E-state index in [1.165, 1.54) is 22.3 Å². The SMILES string of the molecule is CC1(C)c2ccccc2N(c2c(-c3ccccc3)cccc2-c2nc(-c3ccccc3)nc(-c3cccc(-c4ccccc4)c3N3c4ccccc4C(C)(C)c4ccccc43)n2)c2ccccc21. The van der Waals surface area contributed by atoms with Crippen LogP contribution < -0.4 is 9.80 Å². The van der Waals surface area contributed by atoms with E-state index in [0.29, 0.717) is 17.5 Å². The molecule has 0 aliphatic carbocycles. The molecule has 2 aliphatic rings. The van der Waals surface area contributed by atoms with Gasteiger partial charge in [-0.15, -0.1) is 0 Å². The maximum atomic E-state index is 5.69. The van der Waals surface area contributed by atoms with Crippen molar-refractivity contribution < 1.29 is 0 Å². The Morgan fingerprint density at radius 2 is 0.544 bits per heavy atom. The first kappa shape index (κ1) is 41.1. The van der Waals surface area contributed by atoms with E-state index in [0.717, 1.165) is 73.1 Å². The standard InChI is InChI=1S/C63H49N5/c1-62(2)49-34-14-18-38-53(49)67(54-39-19-15-35-50(54)62)57-45(42-24-8-5-9-25-42)30-22-32-47(57)60-64-59(44-28-12-7-13-29-44)65-61(66-60)48-33-23-31-46(43-26-10-6-11-27-43)58(48)68-55-40-20-16-36-51(55)63(3,4)52-37-17-21-41-56(52)68/h5-41H,1-4H3. The molecule has 5 nitrogen and oxygen atoms in total. The highest BCUT2D eigenvalue weighted by molar-refractivity contribution is 6.01. The van der Waals surface area contributed by atoms with Crippen molar-refractivity contribution in [3.05, 3.63) is 247 Å². The zero-order valence-corrected chi connectivity index (χ0v) is 38.6. The van der Waals surface area contributed by atoms with Crippen molar-refractivity contribution in [2.24, 2.45) is 0 Å². The fourth-order valence-electron chi connectivity index (χ4n) is 10.8. The summed E-state index contributed by atoms with van der Waals surface area (Å²) in [6, 6.07) is 80.1. The van der Waals surface area contributed by atoms with Gasteiger partial charge in [0.25, 0.3) is 0 Å². The third-order valence-electron chi connectivity index (χ3n) is 14.1. The second-order valence-electron chi connectivity index (χ2n) is 18.8. The minimum atomic E-state index is -0.243. The maximum absolute atomic E-state index is 5.69. The highest BCUT2D eigenvalue weighted by Crippen LogP contribution is 2.57. The number of fused-ring (bicyclic) bond motifs is 4. The van der Waals surface area contributed by atoms with E-state index in [1.807, 2.05) is 18.2 Å². The Bertz CT molecular complexity index is 3210. The van der Waals surface area contributed by atoms with Gasteiger partial charge in [-0.3, -0.25) is 0 Å². The van der Waals surface area contributed by atoms with Gasteiger partial charge in [-0.05, 0) is 69.8 Å². The van der Waals surface area contributed by atoms with Crippen molar-refractivity contribution in [1.29, 1.82) is 0 Å². The van der Waals surface area contributed by atoms with Crippen molar-refractivity contribution in [2.45, 2.75) is 38.5 Å². The van der Waals surface area contributed by atoms with Crippen molar-refractivity contribution in [1.82, 2.24) is 15.0 Å². The van der Waals surface area contributed by atoms with Crippen LogP contribution in [0.1, 0.15) is 49.9 Å². The third-order valence-corrected chi connectivity index (χ3v) is 14.1. The summed E-state index contributed by atoms with van der Waals surface area (Å²) in [6.07, 6.45) is 0. The predicted octanol–water partition coefficient (Wildman–Crippen LogP) is 16.4. The average Bonchev–Trinajstić information content (AvgIpc) is 3.39. The van der Waals surface area contributed by atoms with Crippen LogP contribution in [-0.2, 0) is 10.8 Å². The van der Waals surface area contributed by atoms with Crippen LogP contribution in [0.15, 0.2) is 224 Å². The summed E-state index contributed by atoms with van der Waals surface area (Å²) < 4.78 is 0. The second-order valence-corrected chi connectivity index (χ2v) is 18.8. The molecule has 0 radical (unpaired) electrons. The van der Waals surface area contributed by atoms with E-state index in [2.05, 4.69) is 244 Å². The van der Waals surface area contributed by atoms with Crippen LogP contribution in [0.5, 0.6) is 0 Å². The highest BCUT2D eigenvalue weighted by atomic mass is 15.2. The molecule has 0 saturated carbocycles. The van der Waals surface area contributed by atoms with Crippen LogP contribution >= 0.6 is 0 Å². The van der Waals surface area contributed by atoms with Gasteiger partial charge in [-0.25, -0.2) is 15.0 Å². The molecule has 2 aliphatic heterocycles. The Morgan fingerprint density at radius 1 is 0.265 bits per heavy atom. The molecule has 68 heavy (non-hydrogen) atoms. The monoisotopic (exact) mass is 875 g/mol. The van der Waals surface area contributed by atoms with Crippen LogP contribution in [0, 0.1) is 0 Å². The van der Waals surface area contributed by atoms with Gasteiger partial charge in [0.1, 0.15) is 0 Å². The first-order chi connectivity index (χ1) is 33.3. The Balaban J connectivity index is 1.18. The van der Waals surface area contributed by atoms with E-state index in [9.17, 15) is 0 Å². The number of hydrogen-bond acceptors (Lipinski definition) is 5. The summed E-state index contributed by atoms with van der Waals surface area (Å²) in [5.74, 6) is 1.76. The van der Waals surface area contributed by atoms with Crippen molar-refractivity contribution in [2.75, 3.05) is 9.80 Å². The third kappa shape index (κ3) is 6.57. The van der Waals surface area contributed by atoms with Gasteiger partial charge in [0.2, 0.25) is 0 Å². The fourth-order valence-corrected chi connectivity index (χ4v) is 10.8. The Labute approximate surface area is 398 Å². The first-order valence-corrected chi connectivity index (χ1v) is 23.5. The molecule has 0 unspecified atom stereocenters. The van der Waals surface area contributed by atoms with Gasteiger partial charge in [0.15, 0.2) is 17.5 Å². The first-order valence-electron chi connectivity index (χ1n) is 23.5. The summed E-state index contributed by atoms with van der Waals surface area (Å²) >= 11 is 0. The molecule has 12 rings (SSSR count). The molecule has 10 aromatic rings. The zero-order chi connectivity index (χ0) is 46.0. The normalized spacial score (nSPS) is 14.1. The van der Waals surface area contributed by atoms with Crippen LogP contribution in [-0.4, -0.2) is 15.0 Å². The molecule has 0 amide bonds. The van der Waals surface area contributed by atoms with E-state index in [4.69, 9.17) is 15.0 Å². The molecule has 0 fully saturated rings. The number of nitrogens with zero attached hydrogens (tertiary/aromatic N) is 5. The van der Waals surface area contributed by atoms with E-state index in [1.54, 1.807) is 0 Å². The van der Waals surface area contributed by atoms with Crippen molar-refractivity contribution >= 4 is 34.1 Å². The smallest absolute Gasteiger partial charge is 0.166 e. The maximum Gasteiger partial charge on any atom is 0.166 e. The van der Waals surface area contributed by atoms with E-state index in [-0.39, 0.29) is 10.8 Å². The number of aromatic nitrogens is 3. The minimum absolute atomic E-state index is 0.243. The number of anilines is 6. The molecule has 0 saturated heterocycles. The highest BCUT2D eigenvalue weighted by Gasteiger charge is 2.40.